The van der Waals surface area contributed by atoms with E-state index >= 15 is 0 Å². The minimum atomic E-state index is -0.0539. The number of hydrogen-bond acceptors (Lipinski definition) is 2. The third-order valence-electron chi connectivity index (χ3n) is 4.64. The highest BCUT2D eigenvalue weighted by Crippen LogP contribution is 2.27. The first kappa shape index (κ1) is 15.1. The van der Waals surface area contributed by atoms with Gasteiger partial charge in [0.05, 0.1) is 17.1 Å². The van der Waals surface area contributed by atoms with Gasteiger partial charge in [-0.3, -0.25) is 4.79 Å². The van der Waals surface area contributed by atoms with Gasteiger partial charge < -0.3 is 10.3 Å². The van der Waals surface area contributed by atoms with Gasteiger partial charge in [-0.05, 0) is 30.9 Å². The van der Waals surface area contributed by atoms with Gasteiger partial charge in [0.25, 0.3) is 0 Å². The summed E-state index contributed by atoms with van der Waals surface area (Å²) < 4.78 is 0. The Bertz CT molecular complexity index is 608. The fraction of sp³-hybridized carbons (Fsp3) is 0.556. The van der Waals surface area contributed by atoms with E-state index in [1.165, 1.54) is 19.3 Å². The molecule has 0 saturated heterocycles. The highest BCUT2D eigenvalue weighted by molar-refractivity contribution is 5.79. The fourth-order valence-electron chi connectivity index (χ4n) is 3.31. The molecule has 22 heavy (non-hydrogen) atoms. The molecule has 0 radical (unpaired) electrons. The summed E-state index contributed by atoms with van der Waals surface area (Å²) in [4.78, 5) is 20.6. The number of aromatic nitrogens is 2. The fourth-order valence-corrected chi connectivity index (χ4v) is 3.31. The first-order chi connectivity index (χ1) is 10.6. The van der Waals surface area contributed by atoms with Gasteiger partial charge in [-0.2, -0.15) is 0 Å². The SMILES string of the molecule is CC(C)C(NC(=O)C1CCCCC1)c1nc2ccccc2[nH]1. The van der Waals surface area contributed by atoms with E-state index in [4.69, 9.17) is 0 Å². The first-order valence-corrected chi connectivity index (χ1v) is 8.40. The molecule has 1 amide bonds. The normalized spacial score (nSPS) is 17.8. The maximum absolute atomic E-state index is 12.5. The van der Waals surface area contributed by atoms with Gasteiger partial charge in [-0.25, -0.2) is 4.98 Å². The van der Waals surface area contributed by atoms with Crippen LogP contribution in [0.15, 0.2) is 24.3 Å². The quantitative estimate of drug-likeness (QED) is 0.898. The van der Waals surface area contributed by atoms with E-state index in [0.717, 1.165) is 29.7 Å². The first-order valence-electron chi connectivity index (χ1n) is 8.40. The van der Waals surface area contributed by atoms with E-state index in [0.29, 0.717) is 5.92 Å². The van der Waals surface area contributed by atoms with Crippen molar-refractivity contribution in [3.8, 4) is 0 Å². The van der Waals surface area contributed by atoms with Crippen molar-refractivity contribution >= 4 is 16.9 Å². The van der Waals surface area contributed by atoms with Crippen molar-refractivity contribution in [2.75, 3.05) is 0 Å². The van der Waals surface area contributed by atoms with Gasteiger partial charge in [0.1, 0.15) is 5.82 Å². The summed E-state index contributed by atoms with van der Waals surface area (Å²) in [6, 6.07) is 7.94. The topological polar surface area (TPSA) is 57.8 Å². The monoisotopic (exact) mass is 299 g/mol. The molecule has 2 aromatic rings. The molecule has 1 aliphatic carbocycles. The lowest BCUT2D eigenvalue weighted by molar-refractivity contribution is -0.127. The molecule has 0 bridgehead atoms. The molecule has 3 rings (SSSR count). The lowest BCUT2D eigenvalue weighted by Gasteiger charge is -2.26. The maximum Gasteiger partial charge on any atom is 0.223 e. The Balaban J connectivity index is 1.78. The summed E-state index contributed by atoms with van der Waals surface area (Å²) in [6.07, 6.45) is 5.67. The van der Waals surface area contributed by atoms with Gasteiger partial charge in [0.15, 0.2) is 0 Å². The molecule has 0 aliphatic heterocycles. The lowest BCUT2D eigenvalue weighted by atomic mass is 9.88. The largest absolute Gasteiger partial charge is 0.346 e. The van der Waals surface area contributed by atoms with Gasteiger partial charge in [-0.1, -0.05) is 45.2 Å². The van der Waals surface area contributed by atoms with Crippen LogP contribution in [0.5, 0.6) is 0 Å². The van der Waals surface area contributed by atoms with E-state index in [2.05, 4.69) is 29.1 Å². The summed E-state index contributed by atoms with van der Waals surface area (Å²) >= 11 is 0. The van der Waals surface area contributed by atoms with Gasteiger partial charge in [-0.15, -0.1) is 0 Å². The third-order valence-corrected chi connectivity index (χ3v) is 4.64. The van der Waals surface area contributed by atoms with Crippen LogP contribution in [0.25, 0.3) is 11.0 Å². The Kier molecular flexibility index (Phi) is 4.46. The zero-order valence-electron chi connectivity index (χ0n) is 13.4. The van der Waals surface area contributed by atoms with E-state index < -0.39 is 0 Å². The van der Waals surface area contributed by atoms with Crippen molar-refractivity contribution in [2.24, 2.45) is 11.8 Å². The number of nitrogens with zero attached hydrogens (tertiary/aromatic N) is 1. The highest BCUT2D eigenvalue weighted by atomic mass is 16.1. The zero-order valence-corrected chi connectivity index (χ0v) is 13.4. The van der Waals surface area contributed by atoms with E-state index in [9.17, 15) is 4.79 Å². The molecule has 1 atom stereocenters. The van der Waals surface area contributed by atoms with Crippen molar-refractivity contribution in [3.05, 3.63) is 30.1 Å². The van der Waals surface area contributed by atoms with Gasteiger partial charge in [0.2, 0.25) is 5.91 Å². The Labute approximate surface area is 131 Å². The average Bonchev–Trinajstić information content (AvgIpc) is 2.96. The number of para-hydroxylation sites is 2. The standard InChI is InChI=1S/C18H25N3O/c1-12(2)16(21-18(22)13-8-4-3-5-9-13)17-19-14-10-6-7-11-15(14)20-17/h6-7,10-13,16H,3-5,8-9H2,1-2H3,(H,19,20)(H,21,22). The molecule has 0 spiro atoms. The number of aromatic amines is 1. The zero-order chi connectivity index (χ0) is 15.5. The van der Waals surface area contributed by atoms with Crippen molar-refractivity contribution < 1.29 is 4.79 Å². The number of fused-ring (bicyclic) bond motifs is 1. The van der Waals surface area contributed by atoms with Crippen LogP contribution in [0, 0.1) is 11.8 Å². The number of carbonyl (C=O) groups is 1. The van der Waals surface area contributed by atoms with Crippen LogP contribution in [0.3, 0.4) is 0 Å². The minimum absolute atomic E-state index is 0.0539. The Morgan fingerprint density at radius 2 is 1.95 bits per heavy atom. The molecule has 1 unspecified atom stereocenters. The second-order valence-electron chi connectivity index (χ2n) is 6.70. The predicted molar refractivity (Wildman–Crippen MR) is 88.4 cm³/mol. The molecule has 1 aromatic heterocycles. The molecule has 118 valence electrons. The van der Waals surface area contributed by atoms with Gasteiger partial charge >= 0.3 is 0 Å². The van der Waals surface area contributed by atoms with E-state index in [1.54, 1.807) is 0 Å². The molecule has 1 aliphatic rings. The molecular weight excluding hydrogens is 274 g/mol. The molecule has 1 aromatic carbocycles. The number of nitrogens with one attached hydrogen (secondary N) is 2. The van der Waals surface area contributed by atoms with Crippen LogP contribution >= 0.6 is 0 Å². The molecular formula is C18H25N3O. The molecule has 1 saturated carbocycles. The van der Waals surface area contributed by atoms with Crippen molar-refractivity contribution in [2.45, 2.75) is 52.0 Å². The molecule has 1 fully saturated rings. The summed E-state index contributed by atoms with van der Waals surface area (Å²) in [5.74, 6) is 1.53. The highest BCUT2D eigenvalue weighted by Gasteiger charge is 2.27. The number of rotatable bonds is 4. The van der Waals surface area contributed by atoms with E-state index in [-0.39, 0.29) is 17.9 Å². The number of benzene rings is 1. The van der Waals surface area contributed by atoms with Crippen molar-refractivity contribution in [1.29, 1.82) is 0 Å². The van der Waals surface area contributed by atoms with Crippen LogP contribution in [-0.4, -0.2) is 15.9 Å². The minimum Gasteiger partial charge on any atom is -0.346 e. The van der Waals surface area contributed by atoms with Gasteiger partial charge in [0, 0.05) is 5.92 Å². The van der Waals surface area contributed by atoms with Crippen LogP contribution < -0.4 is 5.32 Å². The molecule has 4 heteroatoms. The second kappa shape index (κ2) is 6.51. The third kappa shape index (κ3) is 3.16. The second-order valence-corrected chi connectivity index (χ2v) is 6.70. The van der Waals surface area contributed by atoms with Crippen LogP contribution in [0.4, 0.5) is 0 Å². The van der Waals surface area contributed by atoms with Crippen LogP contribution in [0.2, 0.25) is 0 Å². The van der Waals surface area contributed by atoms with E-state index in [1.807, 2.05) is 24.3 Å². The molecule has 4 nitrogen and oxygen atoms in total. The molecule has 1 heterocycles. The Hall–Kier alpha value is -1.84. The Morgan fingerprint density at radius 3 is 2.64 bits per heavy atom. The smallest absolute Gasteiger partial charge is 0.223 e. The number of hydrogen-bond donors (Lipinski definition) is 2. The van der Waals surface area contributed by atoms with Crippen LogP contribution in [-0.2, 0) is 4.79 Å². The summed E-state index contributed by atoms with van der Waals surface area (Å²) in [5.41, 5.74) is 1.98. The number of H-pyrrole nitrogens is 1. The maximum atomic E-state index is 12.5. The predicted octanol–water partition coefficient (Wildman–Crippen LogP) is 3.96. The summed E-state index contributed by atoms with van der Waals surface area (Å²) in [5, 5.41) is 3.23. The number of carbonyl (C=O) groups excluding carboxylic acids is 1. The van der Waals surface area contributed by atoms with Crippen LogP contribution in [0.1, 0.15) is 57.8 Å². The average molecular weight is 299 g/mol. The molecule has 2 N–H and O–H groups in total. The summed E-state index contributed by atoms with van der Waals surface area (Å²) in [7, 11) is 0. The van der Waals surface area contributed by atoms with Crippen molar-refractivity contribution in [3.63, 3.8) is 0 Å². The Morgan fingerprint density at radius 1 is 1.23 bits per heavy atom. The van der Waals surface area contributed by atoms with Crippen molar-refractivity contribution in [1.82, 2.24) is 15.3 Å². The lowest BCUT2D eigenvalue weighted by Crippen LogP contribution is -2.37. The number of amides is 1. The summed E-state index contributed by atoms with van der Waals surface area (Å²) in [6.45, 7) is 4.25. The number of imidazole rings is 1.